The second kappa shape index (κ2) is 30.7. The smallest absolute Gasteiger partial charge is 0.480 e. The number of methoxy groups -OCH3 is 2. The van der Waals surface area contributed by atoms with Crippen LogP contribution >= 0.6 is 7.82 Å². The number of carboxylic acid groups (broad SMARTS) is 1. The Labute approximate surface area is 412 Å². The fourth-order valence-electron chi connectivity index (χ4n) is 8.52. The number of likely N-dealkylation sites (N-methyl/N-ethyl adjacent to an activating group) is 2. The molecule has 0 radical (unpaired) electrons. The van der Waals surface area contributed by atoms with E-state index in [1.54, 1.807) is 55.5 Å². The SMILES string of the molecule is CC[C@H](C)[C@@H]([C@@H](CC(=O)N1CCC[C@H]1[C@H](OC)[C@@H](C)C(=O)NCCc1ccc(OP(=O)(O)O)cc1)OC)N(C)C(=O)[C@@H](NC(=O)[C@H](C(C)C)N(C)C)C(C)C.NC(=NCCC[C@H](N)C(=O)O)N[N+](=O)[O-]. The number of phosphoric acid groups is 1. The quantitative estimate of drug-likeness (QED) is 0.0148. The zero-order valence-corrected chi connectivity index (χ0v) is 43.8. The highest BCUT2D eigenvalue weighted by atomic mass is 31.2. The van der Waals surface area contributed by atoms with Gasteiger partial charge >= 0.3 is 13.8 Å². The minimum Gasteiger partial charge on any atom is -0.480 e. The van der Waals surface area contributed by atoms with Gasteiger partial charge in [-0.25, -0.2) is 19.7 Å². The number of nitrogens with two attached hydrogens (primary N) is 2. The van der Waals surface area contributed by atoms with Gasteiger partial charge in [-0.2, -0.15) is 0 Å². The number of phosphoric ester groups is 1. The van der Waals surface area contributed by atoms with E-state index >= 15 is 0 Å². The van der Waals surface area contributed by atoms with E-state index in [4.69, 9.17) is 35.8 Å². The molecule has 70 heavy (non-hydrogen) atoms. The number of carbonyl (C=O) groups excluding carboxylic acids is 4. The Balaban J connectivity index is 0.00000140. The topological polar surface area (TPSA) is 344 Å². The van der Waals surface area contributed by atoms with Crippen molar-refractivity contribution in [1.29, 1.82) is 0 Å². The van der Waals surface area contributed by atoms with Crippen LogP contribution in [0, 0.1) is 33.8 Å². The summed E-state index contributed by atoms with van der Waals surface area (Å²) < 4.78 is 27.6. The molecule has 1 aliphatic rings. The van der Waals surface area contributed by atoms with Crippen molar-refractivity contribution in [3.63, 3.8) is 0 Å². The fourth-order valence-corrected chi connectivity index (χ4v) is 8.92. The summed E-state index contributed by atoms with van der Waals surface area (Å²) in [4.78, 5) is 102. The van der Waals surface area contributed by atoms with Crippen LogP contribution in [0.15, 0.2) is 29.3 Å². The minimum atomic E-state index is -4.65. The van der Waals surface area contributed by atoms with E-state index in [-0.39, 0.29) is 78.5 Å². The van der Waals surface area contributed by atoms with Gasteiger partial charge in [-0.15, -0.1) is 0 Å². The van der Waals surface area contributed by atoms with Gasteiger partial charge in [-0.1, -0.05) is 72.4 Å². The molecule has 9 atom stereocenters. The number of carboxylic acids is 1. The second-order valence-corrected chi connectivity index (χ2v) is 19.6. The molecule has 400 valence electrons. The van der Waals surface area contributed by atoms with Crippen LogP contribution in [0.3, 0.4) is 0 Å². The lowest BCUT2D eigenvalue weighted by Gasteiger charge is -2.41. The van der Waals surface area contributed by atoms with Gasteiger partial charge in [-0.3, -0.25) is 38.7 Å². The summed E-state index contributed by atoms with van der Waals surface area (Å²) in [5.41, 5.74) is 12.8. The van der Waals surface area contributed by atoms with Gasteiger partial charge < -0.3 is 51.0 Å². The Bertz CT molecular complexity index is 1900. The van der Waals surface area contributed by atoms with Crippen LogP contribution in [0.1, 0.15) is 92.6 Å². The molecule has 0 bridgehead atoms. The molecule has 0 aliphatic carbocycles. The maximum Gasteiger partial charge on any atom is 0.524 e. The molecule has 1 aliphatic heterocycles. The maximum atomic E-state index is 14.2. The number of likely N-dealkylation sites (tertiary alicyclic amines) is 1. The molecule has 4 amide bonds. The number of rotatable bonds is 28. The zero-order chi connectivity index (χ0) is 53.6. The molecule has 1 fully saturated rings. The maximum absolute atomic E-state index is 14.2. The summed E-state index contributed by atoms with van der Waals surface area (Å²) in [6.07, 6.45) is 2.07. The zero-order valence-electron chi connectivity index (χ0n) is 42.9. The van der Waals surface area contributed by atoms with E-state index in [1.807, 2.05) is 60.5 Å². The monoisotopic (exact) mass is 1020 g/mol. The number of nitrogens with one attached hydrogen (secondary N) is 3. The average Bonchev–Trinajstić information content (AvgIpc) is 3.75. The molecule has 0 unspecified atom stereocenters. The van der Waals surface area contributed by atoms with Crippen LogP contribution in [0.5, 0.6) is 5.75 Å². The lowest BCUT2D eigenvalue weighted by Crippen LogP contribution is -2.59. The highest BCUT2D eigenvalue weighted by molar-refractivity contribution is 7.46. The molecule has 10 N–H and O–H groups in total. The van der Waals surface area contributed by atoms with E-state index < -0.39 is 61.1 Å². The molecule has 0 saturated carbocycles. The van der Waals surface area contributed by atoms with E-state index in [0.29, 0.717) is 32.4 Å². The molecular weight excluding hydrogens is 936 g/mol. The van der Waals surface area contributed by atoms with Gasteiger partial charge in [0.1, 0.15) is 17.8 Å². The summed E-state index contributed by atoms with van der Waals surface area (Å²) in [5, 5.41) is 23.4. The predicted octanol–water partition coefficient (Wildman–Crippen LogP) is 1.74. The first kappa shape index (κ1) is 63.0. The highest BCUT2D eigenvalue weighted by Crippen LogP contribution is 2.37. The number of nitro groups is 1. The number of ether oxygens (including phenoxy) is 2. The van der Waals surface area contributed by atoms with Crippen molar-refractivity contribution in [3.05, 3.63) is 39.9 Å². The van der Waals surface area contributed by atoms with E-state index in [0.717, 1.165) is 18.4 Å². The lowest BCUT2D eigenvalue weighted by molar-refractivity contribution is -0.525. The largest absolute Gasteiger partial charge is 0.524 e. The Morgan fingerprint density at radius 3 is 2.10 bits per heavy atom. The second-order valence-electron chi connectivity index (χ2n) is 18.5. The third kappa shape index (κ3) is 21.2. The van der Waals surface area contributed by atoms with E-state index in [9.17, 15) is 38.7 Å². The van der Waals surface area contributed by atoms with Gasteiger partial charge in [0.05, 0.1) is 42.7 Å². The van der Waals surface area contributed by atoms with E-state index in [1.165, 1.54) is 12.1 Å². The number of aliphatic imine (C=N–C) groups is 1. The molecule has 0 aromatic heterocycles. The third-order valence-electron chi connectivity index (χ3n) is 12.3. The number of hydrogen-bond acceptors (Lipinski definition) is 14. The fraction of sp³-hybridized carbons (Fsp3) is 0.733. The number of benzene rings is 1. The van der Waals surface area contributed by atoms with Gasteiger partial charge in [0.25, 0.3) is 5.96 Å². The summed E-state index contributed by atoms with van der Waals surface area (Å²) >= 11 is 0. The van der Waals surface area contributed by atoms with Crippen molar-refractivity contribution >= 4 is 43.4 Å². The lowest BCUT2D eigenvalue weighted by atomic mass is 9.89. The van der Waals surface area contributed by atoms with Gasteiger partial charge in [0.2, 0.25) is 23.6 Å². The first-order valence-corrected chi connectivity index (χ1v) is 25.0. The van der Waals surface area contributed by atoms with Crippen molar-refractivity contribution in [2.24, 2.45) is 40.1 Å². The molecule has 24 nitrogen and oxygen atoms in total. The Kier molecular flexibility index (Phi) is 27.6. The summed E-state index contributed by atoms with van der Waals surface area (Å²) in [6.45, 7) is 14.6. The highest BCUT2D eigenvalue weighted by Gasteiger charge is 2.43. The molecule has 25 heteroatoms. The van der Waals surface area contributed by atoms with Crippen LogP contribution in [0.25, 0.3) is 0 Å². The molecular formula is C45H81N10O14P. The van der Waals surface area contributed by atoms with Gasteiger partial charge in [0.15, 0.2) is 5.03 Å². The number of carbonyl (C=O) groups is 5. The third-order valence-corrected chi connectivity index (χ3v) is 12.7. The average molecular weight is 1020 g/mol. The summed E-state index contributed by atoms with van der Waals surface area (Å²) in [6, 6.07) is 3.33. The predicted molar refractivity (Wildman–Crippen MR) is 262 cm³/mol. The molecule has 1 aromatic carbocycles. The number of hydrazine groups is 1. The molecule has 2 rings (SSSR count). The van der Waals surface area contributed by atoms with Crippen molar-refractivity contribution in [2.45, 2.75) is 136 Å². The van der Waals surface area contributed by atoms with Crippen molar-refractivity contribution in [1.82, 2.24) is 30.8 Å². The number of aliphatic carboxylic acids is 1. The minimum absolute atomic E-state index is 0.0172. The van der Waals surface area contributed by atoms with Crippen molar-refractivity contribution in [3.8, 4) is 5.75 Å². The Morgan fingerprint density at radius 1 is 1.00 bits per heavy atom. The van der Waals surface area contributed by atoms with Crippen LogP contribution in [0.4, 0.5) is 0 Å². The number of nitrogens with zero attached hydrogens (tertiary/aromatic N) is 5. The van der Waals surface area contributed by atoms with Gasteiger partial charge in [-0.05, 0) is 81.6 Å². The van der Waals surface area contributed by atoms with E-state index in [2.05, 4.69) is 20.1 Å². The summed E-state index contributed by atoms with van der Waals surface area (Å²) in [5.74, 6) is -2.95. The van der Waals surface area contributed by atoms with Crippen molar-refractivity contribution in [2.75, 3.05) is 55.0 Å². The standard InChI is InChI=1S/C39H68N5O10P.C6H13N5O4/c1-13-26(6)35(43(10)39(48)33(24(2)3)41-38(47)34(25(4)5)42(8)9)31(52-11)23-32(45)44-22-14-15-30(44)36(53-12)27(7)37(46)40-21-20-28-16-18-29(19-17-28)54-55(49,50)51;7-4(5(12)13)2-1-3-9-6(8)10-11(14)15/h16-19,24-27,30-31,33-36H,13-15,20-23H2,1-12H3,(H,40,46)(H,41,47)(H2,49,50,51);4H,1-3,7H2,(H,12,13)(H3,8,9,10)/t26-,27+,30-,31+,33-,34-,35-,36+;4-/m00/s1. The molecule has 1 aromatic rings. The van der Waals surface area contributed by atoms with Crippen LogP contribution in [-0.4, -0.2) is 168 Å². The number of hydrogen-bond donors (Lipinski definition) is 8. The molecule has 1 saturated heterocycles. The van der Waals surface area contributed by atoms with Crippen LogP contribution in [0.2, 0.25) is 0 Å². The summed E-state index contributed by atoms with van der Waals surface area (Å²) in [7, 11) is 3.86. The van der Waals surface area contributed by atoms with Crippen LogP contribution in [-0.2, 0) is 44.4 Å². The van der Waals surface area contributed by atoms with Crippen molar-refractivity contribution < 1.29 is 62.5 Å². The number of amides is 4. The first-order valence-electron chi connectivity index (χ1n) is 23.5. The first-order chi connectivity index (χ1) is 32.6. The molecule has 0 spiro atoms. The Hall–Kier alpha value is -4.97. The van der Waals surface area contributed by atoms with Gasteiger partial charge in [0, 0.05) is 40.9 Å². The molecule has 1 heterocycles. The van der Waals surface area contributed by atoms with Crippen LogP contribution < -0.4 is 32.1 Å². The number of guanidine groups is 1. The Morgan fingerprint density at radius 2 is 1.61 bits per heavy atom. The normalized spacial score (nSPS) is 17.5.